The molecule has 2 aromatic rings. The Labute approximate surface area is 144 Å². The Morgan fingerprint density at radius 1 is 1.46 bits per heavy atom. The number of nitrogens with zero attached hydrogens (tertiary/aromatic N) is 1. The number of rotatable bonds is 5. The van der Waals surface area contributed by atoms with E-state index in [1.807, 2.05) is 36.7 Å². The number of benzene rings is 1. The van der Waals surface area contributed by atoms with Gasteiger partial charge in [0.15, 0.2) is 5.13 Å². The summed E-state index contributed by atoms with van der Waals surface area (Å²) in [5.41, 5.74) is 3.16. The summed E-state index contributed by atoms with van der Waals surface area (Å²) in [5.74, 6) is -0.597. The number of nitrogens with one attached hydrogen (secondary N) is 2. The van der Waals surface area contributed by atoms with Gasteiger partial charge in [-0.05, 0) is 30.3 Å². The van der Waals surface area contributed by atoms with Gasteiger partial charge in [0.25, 0.3) is 0 Å². The summed E-state index contributed by atoms with van der Waals surface area (Å²) in [6, 6.07) is 4.91. The van der Waals surface area contributed by atoms with Crippen molar-refractivity contribution >= 4 is 27.9 Å². The van der Waals surface area contributed by atoms with Gasteiger partial charge in [0, 0.05) is 23.1 Å². The van der Waals surface area contributed by atoms with Gasteiger partial charge in [-0.1, -0.05) is 25.1 Å². The first-order valence-corrected chi connectivity index (χ1v) is 8.67. The van der Waals surface area contributed by atoms with Gasteiger partial charge in [0.05, 0.1) is 12.1 Å². The molecule has 1 aromatic carbocycles. The first-order valence-electron chi connectivity index (χ1n) is 7.79. The van der Waals surface area contributed by atoms with Crippen molar-refractivity contribution in [2.75, 3.05) is 11.9 Å². The lowest BCUT2D eigenvalue weighted by Gasteiger charge is -2.08. The molecule has 0 atom stereocenters. The average molecular weight is 343 g/mol. The van der Waals surface area contributed by atoms with Crippen LogP contribution < -0.4 is 10.6 Å². The number of anilines is 1. The lowest BCUT2D eigenvalue weighted by Crippen LogP contribution is -2.16. The summed E-state index contributed by atoms with van der Waals surface area (Å²) in [7, 11) is 0. The van der Waals surface area contributed by atoms with Gasteiger partial charge in [-0.25, -0.2) is 9.37 Å². The van der Waals surface area contributed by atoms with Crippen molar-refractivity contribution in [2.24, 2.45) is 0 Å². The van der Waals surface area contributed by atoms with Crippen molar-refractivity contribution < 1.29 is 9.18 Å². The van der Waals surface area contributed by atoms with E-state index in [4.69, 9.17) is 0 Å². The molecular weight excluding hydrogens is 325 g/mol. The maximum absolute atomic E-state index is 14.0. The standard InChI is InChI=1S/C18H18FN3OS/c1-2-12-4-3-5-15(19)14(12)10-17(23)22-18-21-16(11-24-18)13-6-8-20-9-7-13/h3-8,11,20H,2,9-10H2,1H3,(H,21,22,23). The average Bonchev–Trinajstić information content (AvgIpc) is 3.06. The highest BCUT2D eigenvalue weighted by atomic mass is 32.1. The fourth-order valence-corrected chi connectivity index (χ4v) is 3.30. The molecule has 3 rings (SSSR count). The van der Waals surface area contributed by atoms with Crippen LogP contribution in [-0.4, -0.2) is 17.4 Å². The molecule has 0 bridgehead atoms. The van der Waals surface area contributed by atoms with Crippen molar-refractivity contribution in [3.05, 3.63) is 64.6 Å². The monoisotopic (exact) mass is 343 g/mol. The zero-order chi connectivity index (χ0) is 16.9. The summed E-state index contributed by atoms with van der Waals surface area (Å²) in [6.07, 6.45) is 6.55. The third kappa shape index (κ3) is 3.71. The van der Waals surface area contributed by atoms with Crippen LogP contribution in [0.2, 0.25) is 0 Å². The van der Waals surface area contributed by atoms with Crippen LogP contribution in [0.5, 0.6) is 0 Å². The minimum absolute atomic E-state index is 0.0112. The number of aromatic nitrogens is 1. The van der Waals surface area contributed by atoms with E-state index < -0.39 is 0 Å². The molecule has 4 nitrogen and oxygen atoms in total. The second-order valence-electron chi connectivity index (χ2n) is 5.39. The number of thiazole rings is 1. The second-order valence-corrected chi connectivity index (χ2v) is 6.25. The minimum Gasteiger partial charge on any atom is -0.387 e. The summed E-state index contributed by atoms with van der Waals surface area (Å²) < 4.78 is 14.0. The molecule has 0 radical (unpaired) electrons. The van der Waals surface area contributed by atoms with E-state index in [9.17, 15) is 9.18 Å². The van der Waals surface area contributed by atoms with E-state index in [-0.39, 0.29) is 18.1 Å². The molecule has 124 valence electrons. The molecule has 0 aliphatic carbocycles. The number of hydrogen-bond donors (Lipinski definition) is 2. The van der Waals surface area contributed by atoms with E-state index in [1.54, 1.807) is 6.07 Å². The number of aryl methyl sites for hydroxylation is 1. The number of amides is 1. The van der Waals surface area contributed by atoms with E-state index in [1.165, 1.54) is 17.4 Å². The molecule has 0 unspecified atom stereocenters. The van der Waals surface area contributed by atoms with Gasteiger partial charge in [0.2, 0.25) is 5.91 Å². The number of halogens is 1. The van der Waals surface area contributed by atoms with Crippen LogP contribution in [0.4, 0.5) is 9.52 Å². The van der Waals surface area contributed by atoms with Gasteiger partial charge in [-0.15, -0.1) is 11.3 Å². The van der Waals surface area contributed by atoms with Crippen LogP contribution in [-0.2, 0) is 17.6 Å². The fourth-order valence-electron chi connectivity index (χ4n) is 2.56. The molecule has 6 heteroatoms. The fraction of sp³-hybridized carbons (Fsp3) is 0.222. The van der Waals surface area contributed by atoms with Crippen molar-refractivity contribution in [1.82, 2.24) is 10.3 Å². The van der Waals surface area contributed by atoms with Crippen LogP contribution in [0.25, 0.3) is 5.57 Å². The summed E-state index contributed by atoms with van der Waals surface area (Å²) in [4.78, 5) is 16.7. The minimum atomic E-state index is -0.339. The topological polar surface area (TPSA) is 54.0 Å². The van der Waals surface area contributed by atoms with Crippen molar-refractivity contribution in [2.45, 2.75) is 19.8 Å². The first-order chi connectivity index (χ1) is 11.7. The summed E-state index contributed by atoms with van der Waals surface area (Å²) >= 11 is 1.36. The number of carbonyl (C=O) groups is 1. The Kier molecular flexibility index (Phi) is 5.05. The normalized spacial score (nSPS) is 13.3. The third-order valence-corrected chi connectivity index (χ3v) is 4.56. The van der Waals surface area contributed by atoms with Crippen LogP contribution in [0.15, 0.2) is 41.9 Å². The second kappa shape index (κ2) is 7.40. The van der Waals surface area contributed by atoms with Crippen molar-refractivity contribution in [3.8, 4) is 0 Å². The zero-order valence-corrected chi connectivity index (χ0v) is 14.1. The predicted molar refractivity (Wildman–Crippen MR) is 95.3 cm³/mol. The van der Waals surface area contributed by atoms with Crippen molar-refractivity contribution in [1.29, 1.82) is 0 Å². The van der Waals surface area contributed by atoms with E-state index in [0.717, 1.165) is 23.4 Å². The highest BCUT2D eigenvalue weighted by Gasteiger charge is 2.14. The van der Waals surface area contributed by atoms with Crippen molar-refractivity contribution in [3.63, 3.8) is 0 Å². The molecule has 1 aromatic heterocycles. The Hall–Kier alpha value is -2.47. The van der Waals surface area contributed by atoms with Gasteiger partial charge in [-0.3, -0.25) is 4.79 Å². The Morgan fingerprint density at radius 3 is 3.08 bits per heavy atom. The Morgan fingerprint density at radius 2 is 2.33 bits per heavy atom. The van der Waals surface area contributed by atoms with Crippen LogP contribution in [0.1, 0.15) is 23.7 Å². The number of dihydropyridines is 1. The lowest BCUT2D eigenvalue weighted by atomic mass is 10.0. The number of allylic oxidation sites excluding steroid dienone is 2. The number of hydrogen-bond acceptors (Lipinski definition) is 4. The molecule has 2 N–H and O–H groups in total. The van der Waals surface area contributed by atoms with E-state index in [0.29, 0.717) is 17.1 Å². The molecule has 0 saturated heterocycles. The molecular formula is C18H18FN3OS. The summed E-state index contributed by atoms with van der Waals surface area (Å²) in [5, 5.41) is 8.27. The van der Waals surface area contributed by atoms with E-state index >= 15 is 0 Å². The maximum atomic E-state index is 14.0. The summed E-state index contributed by atoms with van der Waals surface area (Å²) in [6.45, 7) is 2.71. The SMILES string of the molecule is CCc1cccc(F)c1CC(=O)Nc1nc(C2=CCNC=C2)cs1. The van der Waals surface area contributed by atoms with Gasteiger partial charge >= 0.3 is 0 Å². The van der Waals surface area contributed by atoms with Gasteiger partial charge in [0.1, 0.15) is 5.82 Å². The highest BCUT2D eigenvalue weighted by molar-refractivity contribution is 7.14. The molecule has 0 fully saturated rings. The smallest absolute Gasteiger partial charge is 0.230 e. The Bertz CT molecular complexity index is 810. The quantitative estimate of drug-likeness (QED) is 0.873. The molecule has 0 spiro atoms. The first kappa shape index (κ1) is 16.4. The molecule has 0 saturated carbocycles. The predicted octanol–water partition coefficient (Wildman–Crippen LogP) is 3.53. The molecule has 1 aliphatic rings. The number of carbonyl (C=O) groups excluding carboxylic acids is 1. The third-order valence-electron chi connectivity index (χ3n) is 3.80. The largest absolute Gasteiger partial charge is 0.387 e. The lowest BCUT2D eigenvalue weighted by molar-refractivity contribution is -0.115. The molecule has 24 heavy (non-hydrogen) atoms. The molecule has 1 amide bonds. The highest BCUT2D eigenvalue weighted by Crippen LogP contribution is 2.23. The zero-order valence-electron chi connectivity index (χ0n) is 13.3. The molecule has 2 heterocycles. The molecule has 1 aliphatic heterocycles. The van der Waals surface area contributed by atoms with E-state index in [2.05, 4.69) is 15.6 Å². The Balaban J connectivity index is 1.69. The van der Waals surface area contributed by atoms with Crippen LogP contribution >= 0.6 is 11.3 Å². The van der Waals surface area contributed by atoms with Gasteiger partial charge in [-0.2, -0.15) is 0 Å². The van der Waals surface area contributed by atoms with Crippen LogP contribution in [0.3, 0.4) is 0 Å². The van der Waals surface area contributed by atoms with Crippen LogP contribution in [0, 0.1) is 5.82 Å². The van der Waals surface area contributed by atoms with Gasteiger partial charge < -0.3 is 10.6 Å². The maximum Gasteiger partial charge on any atom is 0.230 e.